The number of aromatic hydroxyl groups is 1. The summed E-state index contributed by atoms with van der Waals surface area (Å²) in [4.78, 5) is 13.0. The molecule has 4 aromatic rings. The summed E-state index contributed by atoms with van der Waals surface area (Å²) in [5, 5.41) is 22.9. The van der Waals surface area contributed by atoms with Crippen molar-refractivity contribution in [2.75, 3.05) is 50.9 Å². The van der Waals surface area contributed by atoms with Crippen molar-refractivity contribution < 1.29 is 32.9 Å². The van der Waals surface area contributed by atoms with Crippen LogP contribution >= 0.6 is 0 Å². The minimum Gasteiger partial charge on any atom is -0.508 e. The number of alkyl halides is 1. The molecule has 3 atom stereocenters. The Kier molecular flexibility index (Phi) is 7.53. The van der Waals surface area contributed by atoms with E-state index in [1.807, 2.05) is 19.1 Å². The molecule has 8 nitrogen and oxygen atoms in total. The lowest BCUT2D eigenvalue weighted by Gasteiger charge is -2.31. The summed E-state index contributed by atoms with van der Waals surface area (Å²) in [6, 6.07) is 9.59. The molecule has 0 unspecified atom stereocenters. The van der Waals surface area contributed by atoms with E-state index in [1.165, 1.54) is 12.1 Å². The lowest BCUT2D eigenvalue weighted by molar-refractivity contribution is -0.0123. The van der Waals surface area contributed by atoms with Crippen LogP contribution in [0.1, 0.15) is 38.7 Å². The van der Waals surface area contributed by atoms with Gasteiger partial charge in [0.1, 0.15) is 41.3 Å². The minimum absolute atomic E-state index is 0.0931. The summed E-state index contributed by atoms with van der Waals surface area (Å²) in [5.41, 5.74) is -1.11. The van der Waals surface area contributed by atoms with Crippen molar-refractivity contribution in [3.8, 4) is 22.9 Å². The van der Waals surface area contributed by atoms with Crippen LogP contribution in [0.2, 0.25) is 0 Å². The Labute approximate surface area is 259 Å². The Hall–Kier alpha value is -3.67. The molecule has 1 aromatic heterocycles. The third-order valence-electron chi connectivity index (χ3n) is 9.52. The highest BCUT2D eigenvalue weighted by Gasteiger charge is 2.49. The van der Waals surface area contributed by atoms with E-state index in [4.69, 9.17) is 9.47 Å². The number of aromatic nitrogens is 2. The zero-order chi connectivity index (χ0) is 31.5. The smallest absolute Gasteiger partial charge is 0.319 e. The first-order chi connectivity index (χ1) is 21.6. The van der Waals surface area contributed by atoms with Crippen LogP contribution in [0.5, 0.6) is 11.8 Å². The summed E-state index contributed by atoms with van der Waals surface area (Å²) in [5.74, 6) is -1.67. The number of rotatable bonds is 6. The number of hydrogen-bond donors (Lipinski definition) is 2. The van der Waals surface area contributed by atoms with Gasteiger partial charge < -0.3 is 24.6 Å². The number of fused-ring (bicyclic) bond motifs is 3. The quantitative estimate of drug-likeness (QED) is 0.290. The van der Waals surface area contributed by atoms with Gasteiger partial charge in [-0.15, -0.1) is 0 Å². The first-order valence-electron chi connectivity index (χ1n) is 15.6. The van der Waals surface area contributed by atoms with Crippen LogP contribution in [0.4, 0.5) is 19.0 Å². The lowest BCUT2D eigenvalue weighted by atomic mass is 9.92. The van der Waals surface area contributed by atoms with Gasteiger partial charge in [0.15, 0.2) is 5.82 Å². The maximum atomic E-state index is 16.9. The molecule has 7 rings (SSSR count). The van der Waals surface area contributed by atoms with Gasteiger partial charge in [-0.3, -0.25) is 4.90 Å². The van der Waals surface area contributed by atoms with Crippen molar-refractivity contribution in [2.24, 2.45) is 0 Å². The van der Waals surface area contributed by atoms with E-state index in [0.717, 1.165) is 24.9 Å². The molecule has 2 N–H and O–H groups in total. The third kappa shape index (κ3) is 5.34. The fourth-order valence-electron chi connectivity index (χ4n) is 7.53. The zero-order valence-corrected chi connectivity index (χ0v) is 25.5. The molecule has 0 radical (unpaired) electrons. The molecular formula is C34H37F3N4O4. The van der Waals surface area contributed by atoms with E-state index in [-0.39, 0.29) is 66.0 Å². The molecule has 0 saturated carbocycles. The predicted molar refractivity (Wildman–Crippen MR) is 166 cm³/mol. The summed E-state index contributed by atoms with van der Waals surface area (Å²) in [7, 11) is 0. The second-order valence-corrected chi connectivity index (χ2v) is 13.0. The van der Waals surface area contributed by atoms with Crippen molar-refractivity contribution in [3.63, 3.8) is 0 Å². The average molecular weight is 623 g/mol. The fourth-order valence-corrected chi connectivity index (χ4v) is 7.53. The van der Waals surface area contributed by atoms with Crippen LogP contribution in [-0.4, -0.2) is 88.4 Å². The maximum absolute atomic E-state index is 16.9. The molecule has 0 spiro atoms. The van der Waals surface area contributed by atoms with E-state index in [1.54, 1.807) is 24.0 Å². The Balaban J connectivity index is 1.41. The van der Waals surface area contributed by atoms with Crippen molar-refractivity contribution in [3.05, 3.63) is 53.6 Å². The van der Waals surface area contributed by atoms with E-state index in [9.17, 15) is 14.6 Å². The van der Waals surface area contributed by atoms with Crippen LogP contribution < -0.4 is 9.64 Å². The molecule has 0 aliphatic carbocycles. The summed E-state index contributed by atoms with van der Waals surface area (Å²) >= 11 is 0. The van der Waals surface area contributed by atoms with Crippen molar-refractivity contribution in [1.29, 1.82) is 0 Å². The number of nitrogens with zero attached hydrogens (tertiary/aromatic N) is 4. The highest BCUT2D eigenvalue weighted by atomic mass is 19.1. The summed E-state index contributed by atoms with van der Waals surface area (Å²) < 4.78 is 59.3. The molecule has 0 amide bonds. The number of anilines is 1. The highest BCUT2D eigenvalue weighted by molar-refractivity contribution is 6.03. The zero-order valence-electron chi connectivity index (χ0n) is 25.5. The predicted octanol–water partition coefficient (Wildman–Crippen LogP) is 5.54. The first kappa shape index (κ1) is 30.0. The standard InChI is InChI=1S/C34H37F3N4O4/c1-3-20-6-4-7-21-12-23(42)13-24(27(20)21)28-26(36)14-25-30(29(28)37)38-32(39-31(25)40-10-11-44-18-33(2,43)17-40)45-19-34-8-5-9-41(34)16-22(35)15-34/h4,6-7,12-14,22,42-43H,3,5,8-11,15-19H2,1-2H3/t22-,33+,34+/m1/s1. The van der Waals surface area contributed by atoms with Crippen LogP contribution in [0.15, 0.2) is 36.4 Å². The molecule has 4 heterocycles. The number of phenolic OH excluding ortho intramolecular Hbond substituents is 1. The number of β-amino-alcohol motifs (C(OH)–C–C–N with tert-alkyl or cyclic N) is 1. The number of benzene rings is 3. The maximum Gasteiger partial charge on any atom is 0.319 e. The van der Waals surface area contributed by atoms with Gasteiger partial charge >= 0.3 is 6.01 Å². The van der Waals surface area contributed by atoms with Crippen molar-refractivity contribution in [2.45, 2.75) is 56.8 Å². The monoisotopic (exact) mass is 622 g/mol. The number of hydrogen-bond acceptors (Lipinski definition) is 8. The van der Waals surface area contributed by atoms with Gasteiger partial charge in [-0.05, 0) is 72.8 Å². The number of phenols is 1. The molecule has 0 bridgehead atoms. The molecule has 238 valence electrons. The Morgan fingerprint density at radius 2 is 2.00 bits per heavy atom. The van der Waals surface area contributed by atoms with Crippen LogP contribution in [0, 0.1) is 11.6 Å². The lowest BCUT2D eigenvalue weighted by Crippen LogP contribution is -2.44. The van der Waals surface area contributed by atoms with Gasteiger partial charge in [0.05, 0.1) is 30.9 Å². The molecule has 45 heavy (non-hydrogen) atoms. The molecule has 3 aliphatic heterocycles. The normalized spacial score (nSPS) is 25.6. The van der Waals surface area contributed by atoms with Gasteiger partial charge in [-0.2, -0.15) is 9.97 Å². The van der Waals surface area contributed by atoms with Crippen LogP contribution in [-0.2, 0) is 11.2 Å². The highest BCUT2D eigenvalue weighted by Crippen LogP contribution is 2.43. The molecule has 3 fully saturated rings. The summed E-state index contributed by atoms with van der Waals surface area (Å²) in [6.07, 6.45) is 1.71. The largest absolute Gasteiger partial charge is 0.508 e. The average Bonchev–Trinajstić information content (AvgIpc) is 3.45. The second kappa shape index (κ2) is 11.3. The molecule has 3 aliphatic rings. The first-order valence-corrected chi connectivity index (χ1v) is 15.6. The molecular weight excluding hydrogens is 585 g/mol. The van der Waals surface area contributed by atoms with E-state index < -0.39 is 28.9 Å². The van der Waals surface area contributed by atoms with E-state index in [2.05, 4.69) is 14.9 Å². The van der Waals surface area contributed by atoms with Crippen molar-refractivity contribution >= 4 is 27.5 Å². The van der Waals surface area contributed by atoms with Crippen molar-refractivity contribution in [1.82, 2.24) is 14.9 Å². The fraction of sp³-hybridized carbons (Fsp3) is 0.471. The Morgan fingerprint density at radius 3 is 2.82 bits per heavy atom. The number of aryl methyl sites for hydroxylation is 1. The SMILES string of the molecule is CCc1cccc2cc(O)cc(-c3c(F)cc4c(N5CCOC[C@@](C)(O)C5)nc(OC[C@@]56CCCN5C[C@H](F)C6)nc4c3F)c12. The van der Waals surface area contributed by atoms with Gasteiger partial charge in [0.25, 0.3) is 0 Å². The Morgan fingerprint density at radius 1 is 1.16 bits per heavy atom. The summed E-state index contributed by atoms with van der Waals surface area (Å²) in [6.45, 7) is 5.63. The molecule has 11 heteroatoms. The van der Waals surface area contributed by atoms with Crippen LogP contribution in [0.25, 0.3) is 32.8 Å². The van der Waals surface area contributed by atoms with Gasteiger partial charge in [0, 0.05) is 24.9 Å². The van der Waals surface area contributed by atoms with Gasteiger partial charge in [0.2, 0.25) is 0 Å². The van der Waals surface area contributed by atoms with E-state index in [0.29, 0.717) is 36.7 Å². The minimum atomic E-state index is -1.24. The molecule has 3 aromatic carbocycles. The van der Waals surface area contributed by atoms with E-state index >= 15 is 8.78 Å². The number of halogens is 3. The van der Waals surface area contributed by atoms with Crippen LogP contribution in [0.3, 0.4) is 0 Å². The second-order valence-electron chi connectivity index (χ2n) is 13.0. The number of ether oxygens (including phenoxy) is 2. The van der Waals surface area contributed by atoms with Gasteiger partial charge in [-0.25, -0.2) is 13.2 Å². The Bertz CT molecular complexity index is 1790. The van der Waals surface area contributed by atoms with Gasteiger partial charge in [-0.1, -0.05) is 25.1 Å². The number of aliphatic hydroxyl groups is 1. The third-order valence-corrected chi connectivity index (χ3v) is 9.52. The molecule has 3 saturated heterocycles. The topological polar surface area (TPSA) is 91.2 Å².